The number of Topliss-reactive ketones (excluding diaryl/α,β-unsaturated/α-hetero) is 1. The number of hydrogen-bond donors (Lipinski definition) is 0. The number of carbonyl (C=O) groups excluding carboxylic acids is 1. The fourth-order valence-corrected chi connectivity index (χ4v) is 4.03. The fraction of sp³-hybridized carbons (Fsp3) is 0.286. The molecule has 0 spiro atoms. The molecule has 2 aromatic carbocycles. The van der Waals surface area contributed by atoms with Gasteiger partial charge in [-0.3, -0.25) is 14.2 Å². The van der Waals surface area contributed by atoms with E-state index in [1.165, 1.54) is 36.0 Å². The van der Waals surface area contributed by atoms with Crippen LogP contribution in [0.15, 0.2) is 58.5 Å². The molecule has 0 saturated carbocycles. The van der Waals surface area contributed by atoms with Crippen molar-refractivity contribution < 1.29 is 18.3 Å². The van der Waals surface area contributed by atoms with E-state index in [4.69, 9.17) is 0 Å². The van der Waals surface area contributed by atoms with Gasteiger partial charge in [-0.2, -0.15) is 8.78 Å². The van der Waals surface area contributed by atoms with E-state index in [1.54, 1.807) is 35.8 Å². The highest BCUT2D eigenvalue weighted by molar-refractivity contribution is 8.00. The summed E-state index contributed by atoms with van der Waals surface area (Å²) in [5.41, 5.74) is 0.789. The lowest BCUT2D eigenvalue weighted by atomic mass is 10.1. The number of thioether (sulfide) groups is 1. The zero-order valence-corrected chi connectivity index (χ0v) is 17.0. The van der Waals surface area contributed by atoms with Crippen LogP contribution in [0.3, 0.4) is 0 Å². The predicted molar refractivity (Wildman–Crippen MR) is 109 cm³/mol. The van der Waals surface area contributed by atoms with Gasteiger partial charge in [0, 0.05) is 11.6 Å². The van der Waals surface area contributed by atoms with E-state index in [-0.39, 0.29) is 23.1 Å². The predicted octanol–water partition coefficient (Wildman–Crippen LogP) is 4.94. The number of hydrogen-bond acceptors (Lipinski definition) is 5. The normalized spacial score (nSPS) is 12.5. The lowest BCUT2D eigenvalue weighted by Gasteiger charge is -2.18. The number of nitrogens with zero attached hydrogens (tertiary/aromatic N) is 2. The number of benzene rings is 2. The number of aromatic nitrogens is 2. The number of fused-ring (bicyclic) bond motifs is 1. The van der Waals surface area contributed by atoms with Crippen LogP contribution in [0.4, 0.5) is 8.78 Å². The number of alkyl halides is 2. The molecule has 3 rings (SSSR count). The summed E-state index contributed by atoms with van der Waals surface area (Å²) in [4.78, 5) is 30.3. The molecule has 0 unspecified atom stereocenters. The summed E-state index contributed by atoms with van der Waals surface area (Å²) >= 11 is 1.20. The van der Waals surface area contributed by atoms with Crippen molar-refractivity contribution in [2.75, 3.05) is 0 Å². The maximum atomic E-state index is 12.9. The molecule has 0 amide bonds. The summed E-state index contributed by atoms with van der Waals surface area (Å²) in [5, 5.41) is 0.455. The first kappa shape index (κ1) is 21.0. The molecular formula is C21H20F2N2O3S. The van der Waals surface area contributed by atoms with Gasteiger partial charge in [0.2, 0.25) is 0 Å². The Bertz CT molecular complexity index is 1080. The summed E-state index contributed by atoms with van der Waals surface area (Å²) in [7, 11) is 0. The average molecular weight is 418 g/mol. The van der Waals surface area contributed by atoms with Gasteiger partial charge in [-0.25, -0.2) is 4.98 Å². The van der Waals surface area contributed by atoms with E-state index in [0.29, 0.717) is 21.6 Å². The van der Waals surface area contributed by atoms with Gasteiger partial charge in [0.15, 0.2) is 10.9 Å². The van der Waals surface area contributed by atoms with Crippen molar-refractivity contribution in [3.8, 4) is 5.75 Å². The minimum absolute atomic E-state index is 0.0123. The minimum Gasteiger partial charge on any atom is -0.435 e. The topological polar surface area (TPSA) is 61.2 Å². The zero-order chi connectivity index (χ0) is 21.1. The molecule has 0 aliphatic heterocycles. The Morgan fingerprint density at radius 2 is 1.72 bits per heavy atom. The lowest BCUT2D eigenvalue weighted by Crippen LogP contribution is -2.26. The van der Waals surface area contributed by atoms with Crippen LogP contribution in [0.2, 0.25) is 0 Å². The molecule has 0 aliphatic rings. The Labute approximate surface area is 170 Å². The number of halogens is 2. The van der Waals surface area contributed by atoms with Gasteiger partial charge >= 0.3 is 6.61 Å². The molecule has 0 saturated heterocycles. The molecule has 0 radical (unpaired) electrons. The molecule has 1 atom stereocenters. The molecule has 1 aromatic heterocycles. The first-order chi connectivity index (χ1) is 13.8. The Morgan fingerprint density at radius 1 is 1.07 bits per heavy atom. The summed E-state index contributed by atoms with van der Waals surface area (Å²) in [6.45, 7) is 2.58. The van der Waals surface area contributed by atoms with Gasteiger partial charge in [0.05, 0.1) is 16.2 Å². The van der Waals surface area contributed by atoms with Gasteiger partial charge in [0.1, 0.15) is 5.75 Å². The van der Waals surface area contributed by atoms with Crippen molar-refractivity contribution >= 4 is 28.4 Å². The van der Waals surface area contributed by atoms with Crippen LogP contribution in [0.5, 0.6) is 5.75 Å². The maximum Gasteiger partial charge on any atom is 0.387 e. The summed E-state index contributed by atoms with van der Waals surface area (Å²) in [6, 6.07) is 12.5. The molecule has 1 heterocycles. The van der Waals surface area contributed by atoms with Gasteiger partial charge in [-0.1, -0.05) is 23.9 Å². The largest absolute Gasteiger partial charge is 0.435 e. The van der Waals surface area contributed by atoms with Crippen molar-refractivity contribution in [1.82, 2.24) is 9.55 Å². The molecular weight excluding hydrogens is 398 g/mol. The van der Waals surface area contributed by atoms with Crippen molar-refractivity contribution in [3.05, 3.63) is 64.4 Å². The van der Waals surface area contributed by atoms with Crippen LogP contribution in [0, 0.1) is 0 Å². The number of carbonyl (C=O) groups is 1. The van der Waals surface area contributed by atoms with Crippen molar-refractivity contribution in [2.45, 2.75) is 43.8 Å². The molecule has 152 valence electrons. The van der Waals surface area contributed by atoms with E-state index in [9.17, 15) is 18.4 Å². The number of rotatable bonds is 7. The first-order valence-electron chi connectivity index (χ1n) is 9.05. The van der Waals surface area contributed by atoms with Gasteiger partial charge in [0.25, 0.3) is 5.56 Å². The zero-order valence-electron chi connectivity index (χ0n) is 16.1. The Morgan fingerprint density at radius 3 is 2.34 bits per heavy atom. The monoisotopic (exact) mass is 418 g/mol. The molecule has 3 aromatic rings. The summed E-state index contributed by atoms with van der Waals surface area (Å²) < 4.78 is 30.4. The summed E-state index contributed by atoms with van der Waals surface area (Å²) in [6.07, 6.45) is 0. The van der Waals surface area contributed by atoms with Crippen LogP contribution < -0.4 is 10.3 Å². The quantitative estimate of drug-likeness (QED) is 0.309. The summed E-state index contributed by atoms with van der Waals surface area (Å²) in [5.74, 6) is -0.210. The third kappa shape index (κ3) is 4.64. The smallest absolute Gasteiger partial charge is 0.387 e. The highest BCUT2D eigenvalue weighted by atomic mass is 32.2. The van der Waals surface area contributed by atoms with Crippen LogP contribution in [-0.2, 0) is 0 Å². The standard InChI is InChI=1S/C21H20F2N2O3S/c1-12(2)25-19(27)16-6-4-5-7-17(16)24-21(25)29-13(3)18(26)14-8-10-15(11-9-14)28-20(22)23/h4-13,20H,1-3H3/t13-/m0/s1. The highest BCUT2D eigenvalue weighted by Crippen LogP contribution is 2.27. The first-order valence-corrected chi connectivity index (χ1v) is 9.93. The SMILES string of the molecule is CC(C)n1c(S[C@@H](C)C(=O)c2ccc(OC(F)F)cc2)nc2ccccc2c1=O. The molecule has 5 nitrogen and oxygen atoms in total. The van der Waals surface area contributed by atoms with Gasteiger partial charge in [-0.15, -0.1) is 0 Å². The number of para-hydroxylation sites is 1. The maximum absolute atomic E-state index is 12.9. The molecule has 0 aliphatic carbocycles. The van der Waals surface area contributed by atoms with Crippen LogP contribution >= 0.6 is 11.8 Å². The lowest BCUT2D eigenvalue weighted by molar-refractivity contribution is -0.0498. The Kier molecular flexibility index (Phi) is 6.32. The van der Waals surface area contributed by atoms with E-state index in [2.05, 4.69) is 9.72 Å². The molecule has 0 fully saturated rings. The van der Waals surface area contributed by atoms with Crippen LogP contribution in [0.25, 0.3) is 10.9 Å². The second-order valence-corrected chi connectivity index (χ2v) is 8.02. The number of ether oxygens (including phenoxy) is 1. The van der Waals surface area contributed by atoms with E-state index in [1.807, 2.05) is 13.8 Å². The third-order valence-corrected chi connectivity index (χ3v) is 5.37. The fourth-order valence-electron chi connectivity index (χ4n) is 2.91. The molecule has 0 N–H and O–H groups in total. The van der Waals surface area contributed by atoms with Crippen LogP contribution in [-0.4, -0.2) is 27.2 Å². The van der Waals surface area contributed by atoms with E-state index < -0.39 is 11.9 Å². The van der Waals surface area contributed by atoms with E-state index in [0.717, 1.165) is 0 Å². The minimum atomic E-state index is -2.92. The van der Waals surface area contributed by atoms with Crippen LogP contribution in [0.1, 0.15) is 37.2 Å². The van der Waals surface area contributed by atoms with Crippen molar-refractivity contribution in [3.63, 3.8) is 0 Å². The van der Waals surface area contributed by atoms with Gasteiger partial charge < -0.3 is 4.74 Å². The highest BCUT2D eigenvalue weighted by Gasteiger charge is 2.21. The van der Waals surface area contributed by atoms with Gasteiger partial charge in [-0.05, 0) is 57.2 Å². The second kappa shape index (κ2) is 8.73. The second-order valence-electron chi connectivity index (χ2n) is 6.71. The van der Waals surface area contributed by atoms with E-state index >= 15 is 0 Å². The third-order valence-electron chi connectivity index (χ3n) is 4.31. The molecule has 8 heteroatoms. The Balaban J connectivity index is 1.89. The molecule has 29 heavy (non-hydrogen) atoms. The average Bonchev–Trinajstić information content (AvgIpc) is 2.67. The number of ketones is 1. The van der Waals surface area contributed by atoms with Crippen molar-refractivity contribution in [1.29, 1.82) is 0 Å². The Hall–Kier alpha value is -2.74. The molecule has 0 bridgehead atoms. The van der Waals surface area contributed by atoms with Crippen molar-refractivity contribution in [2.24, 2.45) is 0 Å².